The molecule has 6 heteroatoms. The number of carbonyl (C=O) groups is 1. The summed E-state index contributed by atoms with van der Waals surface area (Å²) in [5.41, 5.74) is 4.71. The number of amides is 1. The van der Waals surface area contributed by atoms with Crippen LogP contribution in [0.2, 0.25) is 0 Å². The molecule has 3 rings (SSSR count). The van der Waals surface area contributed by atoms with Crippen molar-refractivity contribution in [3.63, 3.8) is 0 Å². The average molecular weight is 328 g/mol. The quantitative estimate of drug-likeness (QED) is 0.783. The SMILES string of the molecule is Cc1cccc(C)c1OCC(C)NC(=O)c1n[nH]c2c1CNCC2. The Morgan fingerprint density at radius 3 is 2.88 bits per heavy atom. The first-order valence-electron chi connectivity index (χ1n) is 8.33. The molecular weight excluding hydrogens is 304 g/mol. The minimum atomic E-state index is -0.159. The number of ether oxygens (including phenoxy) is 1. The Morgan fingerprint density at radius 2 is 2.12 bits per heavy atom. The molecule has 2 heterocycles. The average Bonchev–Trinajstić information content (AvgIpc) is 2.98. The van der Waals surface area contributed by atoms with Gasteiger partial charge in [-0.05, 0) is 31.9 Å². The number of nitrogens with zero attached hydrogens (tertiary/aromatic N) is 1. The molecule has 1 aromatic heterocycles. The van der Waals surface area contributed by atoms with Crippen molar-refractivity contribution < 1.29 is 9.53 Å². The molecule has 1 amide bonds. The van der Waals surface area contributed by atoms with E-state index in [4.69, 9.17) is 4.74 Å². The van der Waals surface area contributed by atoms with Crippen LogP contribution in [0.25, 0.3) is 0 Å². The molecule has 0 spiro atoms. The fourth-order valence-corrected chi connectivity index (χ4v) is 2.98. The number of carbonyl (C=O) groups excluding carboxylic acids is 1. The number of aromatic amines is 1. The second-order valence-electron chi connectivity index (χ2n) is 6.36. The molecule has 1 aliphatic rings. The van der Waals surface area contributed by atoms with Crippen molar-refractivity contribution in [1.29, 1.82) is 0 Å². The van der Waals surface area contributed by atoms with Gasteiger partial charge in [-0.3, -0.25) is 9.89 Å². The van der Waals surface area contributed by atoms with Crippen LogP contribution in [0.1, 0.15) is 39.8 Å². The van der Waals surface area contributed by atoms with Crippen LogP contribution < -0.4 is 15.4 Å². The summed E-state index contributed by atoms with van der Waals surface area (Å²) in [7, 11) is 0. The maximum absolute atomic E-state index is 12.5. The third-order valence-electron chi connectivity index (χ3n) is 4.29. The van der Waals surface area contributed by atoms with Crippen molar-refractivity contribution in [2.24, 2.45) is 0 Å². The zero-order chi connectivity index (χ0) is 17.1. The molecule has 0 saturated carbocycles. The first-order valence-corrected chi connectivity index (χ1v) is 8.33. The van der Waals surface area contributed by atoms with Crippen molar-refractivity contribution >= 4 is 5.91 Å². The monoisotopic (exact) mass is 328 g/mol. The van der Waals surface area contributed by atoms with Gasteiger partial charge in [0.1, 0.15) is 12.4 Å². The molecule has 1 unspecified atom stereocenters. The number of aromatic nitrogens is 2. The number of hydrogen-bond acceptors (Lipinski definition) is 4. The number of rotatable bonds is 5. The van der Waals surface area contributed by atoms with Gasteiger partial charge in [-0.25, -0.2) is 0 Å². The van der Waals surface area contributed by atoms with Crippen LogP contribution >= 0.6 is 0 Å². The lowest BCUT2D eigenvalue weighted by Crippen LogP contribution is -2.38. The van der Waals surface area contributed by atoms with Gasteiger partial charge in [-0.1, -0.05) is 18.2 Å². The van der Waals surface area contributed by atoms with Gasteiger partial charge in [0.25, 0.3) is 5.91 Å². The smallest absolute Gasteiger partial charge is 0.272 e. The van der Waals surface area contributed by atoms with Crippen molar-refractivity contribution in [2.75, 3.05) is 13.2 Å². The molecule has 6 nitrogen and oxygen atoms in total. The summed E-state index contributed by atoms with van der Waals surface area (Å²) < 4.78 is 5.90. The number of nitrogens with one attached hydrogen (secondary N) is 3. The Kier molecular flexibility index (Phi) is 4.85. The lowest BCUT2D eigenvalue weighted by atomic mass is 10.1. The maximum Gasteiger partial charge on any atom is 0.272 e. The highest BCUT2D eigenvalue weighted by molar-refractivity contribution is 5.94. The normalized spacial score (nSPS) is 14.8. The van der Waals surface area contributed by atoms with Crippen LogP contribution in [0.3, 0.4) is 0 Å². The van der Waals surface area contributed by atoms with E-state index in [2.05, 4.69) is 20.8 Å². The molecule has 128 valence electrons. The second kappa shape index (κ2) is 7.05. The van der Waals surface area contributed by atoms with Crippen LogP contribution in [-0.4, -0.2) is 35.3 Å². The highest BCUT2D eigenvalue weighted by atomic mass is 16.5. The van der Waals surface area contributed by atoms with Gasteiger partial charge in [0.05, 0.1) is 6.04 Å². The van der Waals surface area contributed by atoms with E-state index in [0.29, 0.717) is 18.8 Å². The van der Waals surface area contributed by atoms with Crippen LogP contribution in [0.4, 0.5) is 0 Å². The van der Waals surface area contributed by atoms with E-state index in [9.17, 15) is 4.79 Å². The van der Waals surface area contributed by atoms with Crippen LogP contribution in [0, 0.1) is 13.8 Å². The van der Waals surface area contributed by atoms with Crippen LogP contribution in [0.15, 0.2) is 18.2 Å². The maximum atomic E-state index is 12.5. The topological polar surface area (TPSA) is 79.0 Å². The van der Waals surface area contributed by atoms with E-state index in [1.165, 1.54) is 0 Å². The zero-order valence-corrected chi connectivity index (χ0v) is 14.4. The summed E-state index contributed by atoms with van der Waals surface area (Å²) in [4.78, 5) is 12.5. The van der Waals surface area contributed by atoms with Gasteiger partial charge in [-0.2, -0.15) is 5.10 Å². The van der Waals surface area contributed by atoms with E-state index >= 15 is 0 Å². The second-order valence-corrected chi connectivity index (χ2v) is 6.36. The van der Waals surface area contributed by atoms with E-state index in [1.54, 1.807) is 0 Å². The molecular formula is C18H24N4O2. The highest BCUT2D eigenvalue weighted by Crippen LogP contribution is 2.22. The predicted molar refractivity (Wildman–Crippen MR) is 92.3 cm³/mol. The summed E-state index contributed by atoms with van der Waals surface area (Å²) in [6.45, 7) is 7.99. The number of H-pyrrole nitrogens is 1. The van der Waals surface area contributed by atoms with Gasteiger partial charge in [-0.15, -0.1) is 0 Å². The number of benzene rings is 1. The molecule has 3 N–H and O–H groups in total. The summed E-state index contributed by atoms with van der Waals surface area (Å²) in [5.74, 6) is 0.730. The highest BCUT2D eigenvalue weighted by Gasteiger charge is 2.22. The molecule has 1 atom stereocenters. The summed E-state index contributed by atoms with van der Waals surface area (Å²) in [6, 6.07) is 5.95. The first kappa shape index (κ1) is 16.5. The Morgan fingerprint density at radius 1 is 1.38 bits per heavy atom. The molecule has 24 heavy (non-hydrogen) atoms. The summed E-state index contributed by atoms with van der Waals surface area (Å²) in [5, 5.41) is 13.4. The third-order valence-corrected chi connectivity index (χ3v) is 4.29. The lowest BCUT2D eigenvalue weighted by Gasteiger charge is -2.18. The van der Waals surface area contributed by atoms with Gasteiger partial charge in [0, 0.05) is 30.8 Å². The zero-order valence-electron chi connectivity index (χ0n) is 14.4. The molecule has 2 aromatic rings. The molecule has 1 aromatic carbocycles. The van der Waals surface area contributed by atoms with Crippen LogP contribution in [-0.2, 0) is 13.0 Å². The van der Waals surface area contributed by atoms with Gasteiger partial charge >= 0.3 is 0 Å². The van der Waals surface area contributed by atoms with E-state index < -0.39 is 0 Å². The molecule has 0 aliphatic carbocycles. The van der Waals surface area contributed by atoms with Crippen molar-refractivity contribution in [3.8, 4) is 5.75 Å². The number of aryl methyl sites for hydroxylation is 2. The molecule has 0 saturated heterocycles. The first-order chi connectivity index (χ1) is 11.6. The predicted octanol–water partition coefficient (Wildman–Crippen LogP) is 1.87. The number of fused-ring (bicyclic) bond motifs is 1. The minimum Gasteiger partial charge on any atom is -0.491 e. The fourth-order valence-electron chi connectivity index (χ4n) is 2.98. The van der Waals surface area contributed by atoms with Crippen molar-refractivity contribution in [2.45, 2.75) is 39.8 Å². The Balaban J connectivity index is 1.60. The van der Waals surface area contributed by atoms with Gasteiger partial charge < -0.3 is 15.4 Å². The van der Waals surface area contributed by atoms with Crippen molar-refractivity contribution in [1.82, 2.24) is 20.8 Å². The van der Waals surface area contributed by atoms with Crippen molar-refractivity contribution in [3.05, 3.63) is 46.3 Å². The summed E-state index contributed by atoms with van der Waals surface area (Å²) in [6.07, 6.45) is 0.876. The third kappa shape index (κ3) is 3.43. The lowest BCUT2D eigenvalue weighted by molar-refractivity contribution is 0.0920. The molecule has 1 aliphatic heterocycles. The Bertz CT molecular complexity index is 718. The van der Waals surface area contributed by atoms with Gasteiger partial charge in [0.2, 0.25) is 0 Å². The molecule has 0 radical (unpaired) electrons. The number of hydrogen-bond donors (Lipinski definition) is 3. The van der Waals surface area contributed by atoms with Crippen LogP contribution in [0.5, 0.6) is 5.75 Å². The number of para-hydroxylation sites is 1. The Labute approximate surface area is 142 Å². The standard InChI is InChI=1S/C18H24N4O2/c1-11-5-4-6-12(2)17(11)24-10-13(3)20-18(23)16-14-9-19-8-7-15(14)21-22-16/h4-6,13,19H,7-10H2,1-3H3,(H,20,23)(H,21,22). The summed E-state index contributed by atoms with van der Waals surface area (Å²) >= 11 is 0. The Hall–Kier alpha value is -2.34. The van der Waals surface area contributed by atoms with E-state index in [0.717, 1.165) is 41.1 Å². The van der Waals surface area contributed by atoms with E-state index in [-0.39, 0.29) is 11.9 Å². The minimum absolute atomic E-state index is 0.111. The molecule has 0 bridgehead atoms. The van der Waals surface area contributed by atoms with E-state index in [1.807, 2.05) is 39.0 Å². The van der Waals surface area contributed by atoms with Gasteiger partial charge in [0.15, 0.2) is 5.69 Å². The molecule has 0 fully saturated rings. The fraction of sp³-hybridized carbons (Fsp3) is 0.444. The largest absolute Gasteiger partial charge is 0.491 e.